The predicted octanol–water partition coefficient (Wildman–Crippen LogP) is 5.78. The summed E-state index contributed by atoms with van der Waals surface area (Å²) in [5, 5.41) is 4.21. The van der Waals surface area contributed by atoms with Crippen LogP contribution in [0.1, 0.15) is 17.0 Å². The van der Waals surface area contributed by atoms with Crippen molar-refractivity contribution in [1.29, 1.82) is 0 Å². The molecular formula is C26H18Cl2N4O2S. The number of thiocarbonyl (C=S) groups is 1. The summed E-state index contributed by atoms with van der Waals surface area (Å²) in [6.45, 7) is 3.92. The third kappa shape index (κ3) is 4.12. The van der Waals surface area contributed by atoms with Gasteiger partial charge >= 0.3 is 0 Å². The lowest BCUT2D eigenvalue weighted by Gasteiger charge is -2.29. The van der Waals surface area contributed by atoms with E-state index in [0.29, 0.717) is 10.7 Å². The first kappa shape index (κ1) is 23.2. The highest BCUT2D eigenvalue weighted by atomic mass is 35.5. The van der Waals surface area contributed by atoms with Crippen LogP contribution >= 0.6 is 35.4 Å². The Morgan fingerprint density at radius 2 is 1.74 bits per heavy atom. The Labute approximate surface area is 216 Å². The smallest absolute Gasteiger partial charge is 0.270 e. The number of nitrogens with one attached hydrogen (secondary N) is 1. The van der Waals surface area contributed by atoms with Crippen molar-refractivity contribution in [3.8, 4) is 5.69 Å². The topological polar surface area (TPSA) is 67.2 Å². The fourth-order valence-electron chi connectivity index (χ4n) is 4.20. The van der Waals surface area contributed by atoms with Crippen LogP contribution < -0.4 is 10.2 Å². The van der Waals surface area contributed by atoms with Crippen LogP contribution in [-0.2, 0) is 9.59 Å². The molecule has 35 heavy (non-hydrogen) atoms. The third-order valence-electron chi connectivity index (χ3n) is 5.88. The molecule has 0 aliphatic carbocycles. The first-order valence-corrected chi connectivity index (χ1v) is 11.8. The van der Waals surface area contributed by atoms with Gasteiger partial charge in [-0.05, 0) is 86.2 Å². The summed E-state index contributed by atoms with van der Waals surface area (Å²) in [5.41, 5.74) is 4.83. The largest absolute Gasteiger partial charge is 0.318 e. The van der Waals surface area contributed by atoms with Gasteiger partial charge in [-0.25, -0.2) is 0 Å². The van der Waals surface area contributed by atoms with E-state index in [1.807, 2.05) is 44.2 Å². The quantitative estimate of drug-likeness (QED) is 0.211. The van der Waals surface area contributed by atoms with Gasteiger partial charge in [0.25, 0.3) is 11.8 Å². The number of fused-ring (bicyclic) bond motifs is 1. The number of anilines is 1. The maximum Gasteiger partial charge on any atom is 0.270 e. The van der Waals surface area contributed by atoms with E-state index in [0.717, 1.165) is 33.5 Å². The fraction of sp³-hybridized carbons (Fsp3) is 0.0769. The Hall–Kier alpha value is -3.52. The van der Waals surface area contributed by atoms with Gasteiger partial charge < -0.3 is 4.57 Å². The molecule has 4 aromatic rings. The normalized spacial score (nSPS) is 15.3. The minimum Gasteiger partial charge on any atom is -0.318 e. The Morgan fingerprint density at radius 1 is 0.971 bits per heavy atom. The van der Waals surface area contributed by atoms with E-state index in [1.165, 1.54) is 11.0 Å². The van der Waals surface area contributed by atoms with Crippen molar-refractivity contribution in [2.24, 2.45) is 0 Å². The van der Waals surface area contributed by atoms with E-state index in [-0.39, 0.29) is 15.7 Å². The number of carbonyl (C=O) groups is 2. The maximum absolute atomic E-state index is 13.4. The van der Waals surface area contributed by atoms with Gasteiger partial charge in [-0.1, -0.05) is 29.3 Å². The van der Waals surface area contributed by atoms with Gasteiger partial charge in [0.15, 0.2) is 5.11 Å². The van der Waals surface area contributed by atoms with Crippen LogP contribution in [0.25, 0.3) is 22.7 Å². The molecule has 0 saturated carbocycles. The molecule has 3 heterocycles. The Balaban J connectivity index is 1.56. The number of aryl methyl sites for hydroxylation is 1. The number of benzene rings is 2. The molecule has 5 rings (SSSR count). The number of halogens is 2. The monoisotopic (exact) mass is 520 g/mol. The predicted molar refractivity (Wildman–Crippen MR) is 143 cm³/mol. The first-order chi connectivity index (χ1) is 16.7. The molecule has 0 atom stereocenters. The van der Waals surface area contributed by atoms with Crippen LogP contribution in [0.4, 0.5) is 5.69 Å². The molecule has 174 valence electrons. The average molecular weight is 521 g/mol. The molecule has 1 saturated heterocycles. The zero-order chi connectivity index (χ0) is 24.9. The van der Waals surface area contributed by atoms with Crippen LogP contribution in [0.15, 0.2) is 66.4 Å². The standard InChI is InChI=1S/C26H18Cl2N4O2S/c1-14-10-17(15(2)31(14)18-6-8-23-16(11-18)4-3-9-29-23)12-20-24(33)30-26(35)32(25(20)34)19-5-7-21(27)22(28)13-19/h3-13H,1-2H3,(H,30,33,35)/b20-12+. The zero-order valence-electron chi connectivity index (χ0n) is 18.7. The number of hydrogen-bond acceptors (Lipinski definition) is 4. The summed E-state index contributed by atoms with van der Waals surface area (Å²) in [6.07, 6.45) is 3.35. The molecule has 0 radical (unpaired) electrons. The molecule has 6 nitrogen and oxygen atoms in total. The summed E-state index contributed by atoms with van der Waals surface area (Å²) in [6, 6.07) is 16.6. The van der Waals surface area contributed by atoms with E-state index < -0.39 is 11.8 Å². The van der Waals surface area contributed by atoms with Crippen LogP contribution in [0, 0.1) is 13.8 Å². The van der Waals surface area contributed by atoms with Gasteiger partial charge in [-0.2, -0.15) is 0 Å². The number of amides is 2. The maximum atomic E-state index is 13.4. The lowest BCUT2D eigenvalue weighted by atomic mass is 10.1. The minimum atomic E-state index is -0.558. The van der Waals surface area contributed by atoms with Crippen molar-refractivity contribution < 1.29 is 9.59 Å². The van der Waals surface area contributed by atoms with Gasteiger partial charge in [0.1, 0.15) is 5.57 Å². The lowest BCUT2D eigenvalue weighted by molar-refractivity contribution is -0.122. The Kier molecular flexibility index (Phi) is 5.92. The Bertz CT molecular complexity index is 1590. The second kappa shape index (κ2) is 8.92. The molecular weight excluding hydrogens is 503 g/mol. The molecule has 1 N–H and O–H groups in total. The van der Waals surface area contributed by atoms with E-state index in [1.54, 1.807) is 24.4 Å². The summed E-state index contributed by atoms with van der Waals surface area (Å²) < 4.78 is 2.07. The van der Waals surface area contributed by atoms with Crippen molar-refractivity contribution in [1.82, 2.24) is 14.9 Å². The number of pyridine rings is 1. The van der Waals surface area contributed by atoms with Crippen LogP contribution in [-0.4, -0.2) is 26.5 Å². The molecule has 2 aromatic heterocycles. The summed E-state index contributed by atoms with van der Waals surface area (Å²) in [5.74, 6) is -1.10. The van der Waals surface area contributed by atoms with E-state index >= 15 is 0 Å². The van der Waals surface area contributed by atoms with Gasteiger partial charge in [0.05, 0.1) is 21.2 Å². The first-order valence-electron chi connectivity index (χ1n) is 10.6. The molecule has 0 spiro atoms. The van der Waals surface area contributed by atoms with Gasteiger partial charge in [0, 0.05) is 28.7 Å². The fourth-order valence-corrected chi connectivity index (χ4v) is 4.78. The second-order valence-corrected chi connectivity index (χ2v) is 9.30. The van der Waals surface area contributed by atoms with Crippen molar-refractivity contribution in [2.75, 3.05) is 4.90 Å². The number of nitrogens with zero attached hydrogens (tertiary/aromatic N) is 3. The molecule has 2 aromatic carbocycles. The Morgan fingerprint density at radius 3 is 2.51 bits per heavy atom. The summed E-state index contributed by atoms with van der Waals surface area (Å²) >= 11 is 17.4. The second-order valence-electron chi connectivity index (χ2n) is 8.10. The van der Waals surface area contributed by atoms with Crippen molar-refractivity contribution in [2.45, 2.75) is 13.8 Å². The number of aromatic nitrogens is 2. The summed E-state index contributed by atoms with van der Waals surface area (Å²) in [7, 11) is 0. The highest BCUT2D eigenvalue weighted by molar-refractivity contribution is 7.80. The molecule has 0 bridgehead atoms. The SMILES string of the molecule is Cc1cc(/C=C2\C(=O)NC(=S)N(c3ccc(Cl)c(Cl)c3)C2=O)c(C)n1-c1ccc2ncccc2c1. The number of hydrogen-bond donors (Lipinski definition) is 1. The van der Waals surface area contributed by atoms with Crippen molar-refractivity contribution >= 4 is 75.0 Å². The third-order valence-corrected chi connectivity index (χ3v) is 6.90. The van der Waals surface area contributed by atoms with Crippen LogP contribution in [0.5, 0.6) is 0 Å². The average Bonchev–Trinajstić information content (AvgIpc) is 3.11. The molecule has 2 amide bonds. The van der Waals surface area contributed by atoms with Gasteiger partial charge in [-0.3, -0.25) is 24.8 Å². The van der Waals surface area contributed by atoms with Gasteiger partial charge in [0.2, 0.25) is 0 Å². The highest BCUT2D eigenvalue weighted by Crippen LogP contribution is 2.30. The molecule has 1 aliphatic heterocycles. The van der Waals surface area contributed by atoms with Crippen molar-refractivity contribution in [3.63, 3.8) is 0 Å². The van der Waals surface area contributed by atoms with Crippen LogP contribution in [0.2, 0.25) is 10.0 Å². The van der Waals surface area contributed by atoms with Crippen molar-refractivity contribution in [3.05, 3.63) is 93.4 Å². The van der Waals surface area contributed by atoms with E-state index in [4.69, 9.17) is 35.4 Å². The van der Waals surface area contributed by atoms with Gasteiger partial charge in [-0.15, -0.1) is 0 Å². The minimum absolute atomic E-state index is 0.0224. The van der Waals surface area contributed by atoms with E-state index in [2.05, 4.69) is 20.9 Å². The highest BCUT2D eigenvalue weighted by Gasteiger charge is 2.35. The summed E-state index contributed by atoms with van der Waals surface area (Å²) in [4.78, 5) is 31.8. The van der Waals surface area contributed by atoms with E-state index in [9.17, 15) is 9.59 Å². The zero-order valence-corrected chi connectivity index (χ0v) is 21.0. The number of rotatable bonds is 3. The molecule has 1 aliphatic rings. The molecule has 9 heteroatoms. The number of carbonyl (C=O) groups excluding carboxylic acids is 2. The molecule has 0 unspecified atom stereocenters. The lowest BCUT2D eigenvalue weighted by Crippen LogP contribution is -2.54. The molecule has 1 fully saturated rings. The van der Waals surface area contributed by atoms with Crippen LogP contribution in [0.3, 0.4) is 0 Å².